The van der Waals surface area contributed by atoms with E-state index in [1.165, 1.54) is 0 Å². The third-order valence-electron chi connectivity index (χ3n) is 5.84. The second kappa shape index (κ2) is 9.83. The van der Waals surface area contributed by atoms with E-state index in [1.807, 2.05) is 54.7 Å². The number of amides is 2. The van der Waals surface area contributed by atoms with Crippen LogP contribution in [0.15, 0.2) is 35.7 Å². The maximum atomic E-state index is 13.2. The molecule has 1 aliphatic heterocycles. The summed E-state index contributed by atoms with van der Waals surface area (Å²) in [7, 11) is 4.00. The minimum absolute atomic E-state index is 0.0906. The van der Waals surface area contributed by atoms with Gasteiger partial charge in [0.25, 0.3) is 0 Å². The van der Waals surface area contributed by atoms with E-state index in [2.05, 4.69) is 10.2 Å². The standard InChI is InChI=1S/C24H31N3O3S/c1-26(2)22-10-9-19(25-24(29)17-7-8-17)13-18(22)15-27(16-20-5-3-11-30-20)23(28)14-21-6-4-12-31-21/h4,6,9-10,12-13,17,20H,3,5,7-8,11,14-16H2,1-2H3,(H,25,29)/t20-/m1/s1. The van der Waals surface area contributed by atoms with Gasteiger partial charge in [-0.1, -0.05) is 6.07 Å². The number of ether oxygens (including phenoxy) is 1. The maximum Gasteiger partial charge on any atom is 0.228 e. The van der Waals surface area contributed by atoms with Crippen molar-refractivity contribution in [3.8, 4) is 0 Å². The average molecular weight is 442 g/mol. The molecule has 0 spiro atoms. The molecule has 6 nitrogen and oxygen atoms in total. The number of nitrogens with one attached hydrogen (secondary N) is 1. The van der Waals surface area contributed by atoms with Crippen molar-refractivity contribution in [1.82, 2.24) is 4.90 Å². The monoisotopic (exact) mass is 441 g/mol. The van der Waals surface area contributed by atoms with Crippen molar-refractivity contribution in [2.24, 2.45) is 5.92 Å². The molecule has 2 fully saturated rings. The number of rotatable bonds is 9. The number of anilines is 2. The predicted molar refractivity (Wildman–Crippen MR) is 125 cm³/mol. The van der Waals surface area contributed by atoms with Crippen LogP contribution in [0, 0.1) is 5.92 Å². The highest BCUT2D eigenvalue weighted by Crippen LogP contribution is 2.31. The number of carbonyl (C=O) groups excluding carboxylic acids is 2. The van der Waals surface area contributed by atoms with Crippen LogP contribution in [0.3, 0.4) is 0 Å². The zero-order valence-corrected chi connectivity index (χ0v) is 19.1. The fraction of sp³-hybridized carbons (Fsp3) is 0.500. The maximum absolute atomic E-state index is 13.2. The van der Waals surface area contributed by atoms with Crippen molar-refractivity contribution in [2.45, 2.75) is 44.8 Å². The van der Waals surface area contributed by atoms with Crippen LogP contribution in [0.5, 0.6) is 0 Å². The van der Waals surface area contributed by atoms with Gasteiger partial charge in [-0.15, -0.1) is 11.3 Å². The minimum atomic E-state index is 0.0906. The van der Waals surface area contributed by atoms with Crippen molar-refractivity contribution >= 4 is 34.5 Å². The van der Waals surface area contributed by atoms with Gasteiger partial charge in [0.1, 0.15) is 0 Å². The quantitative estimate of drug-likeness (QED) is 0.641. The molecule has 0 bridgehead atoms. The zero-order chi connectivity index (χ0) is 21.8. The first kappa shape index (κ1) is 21.8. The molecular formula is C24H31N3O3S. The summed E-state index contributed by atoms with van der Waals surface area (Å²) in [5.74, 6) is 0.351. The number of hydrogen-bond donors (Lipinski definition) is 1. The van der Waals surface area contributed by atoms with Crippen LogP contribution in [-0.2, 0) is 27.3 Å². The number of benzene rings is 1. The van der Waals surface area contributed by atoms with E-state index in [0.29, 0.717) is 19.5 Å². The molecular weight excluding hydrogens is 410 g/mol. The van der Waals surface area contributed by atoms with Gasteiger partial charge in [0.05, 0.1) is 12.5 Å². The minimum Gasteiger partial charge on any atom is -0.377 e. The van der Waals surface area contributed by atoms with Crippen LogP contribution in [0.4, 0.5) is 11.4 Å². The number of nitrogens with zero attached hydrogens (tertiary/aromatic N) is 2. The van der Waals surface area contributed by atoms with Crippen LogP contribution in [0.25, 0.3) is 0 Å². The van der Waals surface area contributed by atoms with Crippen molar-refractivity contribution in [2.75, 3.05) is 37.5 Å². The highest BCUT2D eigenvalue weighted by atomic mass is 32.1. The summed E-state index contributed by atoms with van der Waals surface area (Å²) in [6.07, 6.45) is 4.47. The van der Waals surface area contributed by atoms with E-state index in [1.54, 1.807) is 11.3 Å². The van der Waals surface area contributed by atoms with Crippen LogP contribution < -0.4 is 10.2 Å². The van der Waals surface area contributed by atoms with E-state index in [4.69, 9.17) is 4.74 Å². The van der Waals surface area contributed by atoms with Gasteiger partial charge >= 0.3 is 0 Å². The van der Waals surface area contributed by atoms with Crippen LogP contribution in [0.1, 0.15) is 36.1 Å². The lowest BCUT2D eigenvalue weighted by Gasteiger charge is -2.28. The lowest BCUT2D eigenvalue weighted by Crippen LogP contribution is -2.38. The molecule has 1 saturated heterocycles. The zero-order valence-electron chi connectivity index (χ0n) is 18.3. The highest BCUT2D eigenvalue weighted by Gasteiger charge is 2.30. The van der Waals surface area contributed by atoms with Crippen molar-refractivity contribution in [3.05, 3.63) is 46.2 Å². The van der Waals surface area contributed by atoms with Gasteiger partial charge in [-0.3, -0.25) is 9.59 Å². The molecule has 31 heavy (non-hydrogen) atoms. The topological polar surface area (TPSA) is 61.9 Å². The van der Waals surface area contributed by atoms with E-state index < -0.39 is 0 Å². The lowest BCUT2D eigenvalue weighted by molar-refractivity contribution is -0.132. The fourth-order valence-electron chi connectivity index (χ4n) is 3.98. The summed E-state index contributed by atoms with van der Waals surface area (Å²) in [5, 5.41) is 5.04. The van der Waals surface area contributed by atoms with Gasteiger partial charge in [0.15, 0.2) is 0 Å². The third kappa shape index (κ3) is 5.86. The summed E-state index contributed by atoms with van der Waals surface area (Å²) in [4.78, 5) is 30.5. The Kier molecular flexibility index (Phi) is 6.92. The molecule has 1 N–H and O–H groups in total. The second-order valence-corrected chi connectivity index (χ2v) is 9.70. The highest BCUT2D eigenvalue weighted by molar-refractivity contribution is 7.10. The molecule has 2 aliphatic rings. The van der Waals surface area contributed by atoms with Gasteiger partial charge in [-0.2, -0.15) is 0 Å². The largest absolute Gasteiger partial charge is 0.377 e. The van der Waals surface area contributed by atoms with Crippen molar-refractivity contribution < 1.29 is 14.3 Å². The van der Waals surface area contributed by atoms with E-state index in [-0.39, 0.29) is 23.8 Å². The summed E-state index contributed by atoms with van der Waals surface area (Å²) in [6, 6.07) is 9.96. The van der Waals surface area contributed by atoms with Gasteiger partial charge in [-0.25, -0.2) is 0 Å². The first-order chi connectivity index (χ1) is 15.0. The Bertz CT molecular complexity index is 903. The van der Waals surface area contributed by atoms with E-state index in [9.17, 15) is 9.59 Å². The third-order valence-corrected chi connectivity index (χ3v) is 6.72. The Morgan fingerprint density at radius 3 is 2.68 bits per heavy atom. The molecule has 1 atom stereocenters. The summed E-state index contributed by atoms with van der Waals surface area (Å²) >= 11 is 1.61. The Balaban J connectivity index is 1.55. The number of hydrogen-bond acceptors (Lipinski definition) is 5. The Morgan fingerprint density at radius 2 is 2.03 bits per heavy atom. The van der Waals surface area contributed by atoms with Gasteiger partial charge < -0.3 is 19.9 Å². The number of thiophene rings is 1. The predicted octanol–water partition coefficient (Wildman–Crippen LogP) is 3.91. The molecule has 2 amide bonds. The molecule has 166 valence electrons. The summed E-state index contributed by atoms with van der Waals surface area (Å²) in [6.45, 7) is 1.85. The molecule has 2 aromatic rings. The van der Waals surface area contributed by atoms with Crippen LogP contribution >= 0.6 is 11.3 Å². The molecule has 2 heterocycles. The van der Waals surface area contributed by atoms with E-state index >= 15 is 0 Å². The van der Waals surface area contributed by atoms with Crippen LogP contribution in [0.2, 0.25) is 0 Å². The van der Waals surface area contributed by atoms with E-state index in [0.717, 1.165) is 54.1 Å². The molecule has 1 saturated carbocycles. The van der Waals surface area contributed by atoms with Crippen molar-refractivity contribution in [3.63, 3.8) is 0 Å². The van der Waals surface area contributed by atoms with Gasteiger partial charge in [0, 0.05) is 56.0 Å². The van der Waals surface area contributed by atoms with Crippen molar-refractivity contribution in [1.29, 1.82) is 0 Å². The molecule has 0 radical (unpaired) electrons. The average Bonchev–Trinajstić information content (AvgIpc) is 3.23. The molecule has 4 rings (SSSR count). The Morgan fingerprint density at radius 1 is 1.19 bits per heavy atom. The fourth-order valence-corrected chi connectivity index (χ4v) is 4.68. The van der Waals surface area contributed by atoms with Gasteiger partial charge in [0.2, 0.25) is 11.8 Å². The van der Waals surface area contributed by atoms with Gasteiger partial charge in [-0.05, 0) is 60.9 Å². The molecule has 7 heteroatoms. The first-order valence-electron chi connectivity index (χ1n) is 11.0. The summed E-state index contributed by atoms with van der Waals surface area (Å²) in [5.41, 5.74) is 2.86. The molecule has 1 aromatic heterocycles. The summed E-state index contributed by atoms with van der Waals surface area (Å²) < 4.78 is 5.84. The number of carbonyl (C=O) groups is 2. The molecule has 1 aromatic carbocycles. The first-order valence-corrected chi connectivity index (χ1v) is 11.9. The Hall–Kier alpha value is -2.38. The smallest absolute Gasteiger partial charge is 0.228 e. The molecule has 1 aliphatic carbocycles. The molecule has 0 unspecified atom stereocenters. The normalized spacial score (nSPS) is 18.1. The lowest BCUT2D eigenvalue weighted by atomic mass is 10.1. The SMILES string of the molecule is CN(C)c1ccc(NC(=O)C2CC2)cc1CN(C[C@H]1CCCO1)C(=O)Cc1cccs1. The second-order valence-electron chi connectivity index (χ2n) is 8.67. The Labute approximate surface area is 188 Å². The van der Waals surface area contributed by atoms with Crippen LogP contribution in [-0.4, -0.2) is 50.1 Å².